The highest BCUT2D eigenvalue weighted by Crippen LogP contribution is 2.34. The van der Waals surface area contributed by atoms with E-state index in [0.29, 0.717) is 24.3 Å². The normalized spacial score (nSPS) is 19.7. The first-order valence-electron chi connectivity index (χ1n) is 8.48. The van der Waals surface area contributed by atoms with E-state index in [4.69, 9.17) is 4.52 Å². The molecule has 1 aliphatic rings. The molecular weight excluding hydrogens is 352 g/mol. The second-order valence-electron chi connectivity index (χ2n) is 6.93. The van der Waals surface area contributed by atoms with Crippen molar-refractivity contribution in [3.63, 3.8) is 0 Å². The number of aliphatic carboxylic acids is 1. The van der Waals surface area contributed by atoms with E-state index in [1.165, 1.54) is 0 Å². The molecular formula is C19H22N2O4S. The average Bonchev–Trinajstić information content (AvgIpc) is 3.17. The minimum absolute atomic E-state index is 0.114. The Bertz CT molecular complexity index is 828. The topological polar surface area (TPSA) is 83.6 Å². The molecule has 2 heterocycles. The van der Waals surface area contributed by atoms with Gasteiger partial charge in [0, 0.05) is 29.3 Å². The Hall–Kier alpha value is -2.28. The number of hydrogen-bond donors (Lipinski definition) is 1. The Balaban J connectivity index is 1.77. The number of benzene rings is 1. The molecule has 1 aromatic carbocycles. The molecule has 0 radical (unpaired) electrons. The Labute approximate surface area is 156 Å². The highest BCUT2D eigenvalue weighted by Gasteiger charge is 2.42. The lowest BCUT2D eigenvalue weighted by Crippen LogP contribution is -2.35. The molecule has 1 saturated heterocycles. The van der Waals surface area contributed by atoms with Crippen molar-refractivity contribution < 1.29 is 19.2 Å². The van der Waals surface area contributed by atoms with Crippen LogP contribution < -0.4 is 0 Å². The van der Waals surface area contributed by atoms with E-state index in [1.807, 2.05) is 32.0 Å². The standard InChI is InChI=1S/C19H22N2O4S/c1-12-15(13(2)25-20-12)10-26-16-7-5-4-6-14(16)17(22)21-9-8-19(3,11-21)18(23)24/h4-7H,8-11H2,1-3H3,(H,23,24). The minimum atomic E-state index is -0.867. The summed E-state index contributed by atoms with van der Waals surface area (Å²) in [5.74, 6) is 0.486. The lowest BCUT2D eigenvalue weighted by Gasteiger charge is -2.21. The molecule has 1 amide bonds. The molecule has 1 fully saturated rings. The summed E-state index contributed by atoms with van der Waals surface area (Å²) in [6.07, 6.45) is 0.475. The fourth-order valence-corrected chi connectivity index (χ4v) is 4.30. The van der Waals surface area contributed by atoms with Gasteiger partial charge in [0.2, 0.25) is 0 Å². The second-order valence-corrected chi connectivity index (χ2v) is 7.95. The molecule has 1 atom stereocenters. The molecule has 3 rings (SSSR count). The number of carbonyl (C=O) groups is 2. The molecule has 0 spiro atoms. The molecule has 1 aromatic heterocycles. The van der Waals surface area contributed by atoms with Crippen molar-refractivity contribution in [2.24, 2.45) is 5.41 Å². The summed E-state index contributed by atoms with van der Waals surface area (Å²) in [4.78, 5) is 26.9. The minimum Gasteiger partial charge on any atom is -0.481 e. The van der Waals surface area contributed by atoms with Gasteiger partial charge in [0.05, 0.1) is 16.7 Å². The van der Waals surface area contributed by atoms with Gasteiger partial charge in [0.25, 0.3) is 5.91 Å². The summed E-state index contributed by atoms with van der Waals surface area (Å²) in [6, 6.07) is 7.45. The fourth-order valence-electron chi connectivity index (χ4n) is 3.11. The molecule has 2 aromatic rings. The maximum Gasteiger partial charge on any atom is 0.311 e. The van der Waals surface area contributed by atoms with Crippen molar-refractivity contribution in [2.45, 2.75) is 37.8 Å². The quantitative estimate of drug-likeness (QED) is 0.806. The number of nitrogens with zero attached hydrogens (tertiary/aromatic N) is 2. The first kappa shape index (κ1) is 18.5. The monoisotopic (exact) mass is 374 g/mol. The van der Waals surface area contributed by atoms with Crippen LogP contribution in [0.25, 0.3) is 0 Å². The third kappa shape index (κ3) is 3.49. The molecule has 0 bridgehead atoms. The van der Waals surface area contributed by atoms with Crippen molar-refractivity contribution in [2.75, 3.05) is 13.1 Å². The number of rotatable bonds is 5. The number of aryl methyl sites for hydroxylation is 2. The molecule has 1 aliphatic heterocycles. The van der Waals surface area contributed by atoms with E-state index in [2.05, 4.69) is 5.16 Å². The number of likely N-dealkylation sites (tertiary alicyclic amines) is 1. The first-order chi connectivity index (χ1) is 12.3. The summed E-state index contributed by atoms with van der Waals surface area (Å²) in [5.41, 5.74) is 1.64. The average molecular weight is 374 g/mol. The molecule has 138 valence electrons. The number of carboxylic acids is 1. The van der Waals surface area contributed by atoms with Gasteiger partial charge in [0.15, 0.2) is 0 Å². The van der Waals surface area contributed by atoms with Gasteiger partial charge in [-0.25, -0.2) is 0 Å². The molecule has 1 unspecified atom stereocenters. The maximum atomic E-state index is 13.0. The van der Waals surface area contributed by atoms with Gasteiger partial charge >= 0.3 is 5.97 Å². The summed E-state index contributed by atoms with van der Waals surface area (Å²) >= 11 is 1.56. The first-order valence-corrected chi connectivity index (χ1v) is 9.46. The van der Waals surface area contributed by atoms with Crippen molar-refractivity contribution >= 4 is 23.6 Å². The van der Waals surface area contributed by atoms with Crippen LogP contribution in [0.2, 0.25) is 0 Å². The highest BCUT2D eigenvalue weighted by atomic mass is 32.2. The van der Waals surface area contributed by atoms with Crippen molar-refractivity contribution in [1.29, 1.82) is 0 Å². The summed E-state index contributed by atoms with van der Waals surface area (Å²) in [6.45, 7) is 6.18. The zero-order valence-electron chi connectivity index (χ0n) is 15.1. The van der Waals surface area contributed by atoms with Crippen LogP contribution in [-0.4, -0.2) is 40.1 Å². The molecule has 0 aliphatic carbocycles. The molecule has 6 nitrogen and oxygen atoms in total. The van der Waals surface area contributed by atoms with Crippen LogP contribution >= 0.6 is 11.8 Å². The Morgan fingerprint density at radius 1 is 1.35 bits per heavy atom. The lowest BCUT2D eigenvalue weighted by atomic mass is 9.90. The SMILES string of the molecule is Cc1noc(C)c1CSc1ccccc1C(=O)N1CCC(C)(C(=O)O)C1. The smallest absolute Gasteiger partial charge is 0.311 e. The van der Waals surface area contributed by atoms with Crippen molar-refractivity contribution in [1.82, 2.24) is 10.1 Å². The number of thioether (sulfide) groups is 1. The summed E-state index contributed by atoms with van der Waals surface area (Å²) < 4.78 is 5.19. The Morgan fingerprint density at radius 3 is 2.69 bits per heavy atom. The third-order valence-electron chi connectivity index (χ3n) is 4.95. The van der Waals surface area contributed by atoms with Gasteiger partial charge in [-0.15, -0.1) is 11.8 Å². The summed E-state index contributed by atoms with van der Waals surface area (Å²) in [5, 5.41) is 13.3. The second kappa shape index (κ2) is 7.15. The van der Waals surface area contributed by atoms with Gasteiger partial charge in [0.1, 0.15) is 5.76 Å². The number of hydrogen-bond acceptors (Lipinski definition) is 5. The molecule has 1 N–H and O–H groups in total. The number of amides is 1. The zero-order chi connectivity index (χ0) is 18.9. The van der Waals surface area contributed by atoms with Crippen LogP contribution in [0.1, 0.15) is 40.7 Å². The molecule has 26 heavy (non-hydrogen) atoms. The van der Waals surface area contributed by atoms with Crippen LogP contribution in [0.4, 0.5) is 0 Å². The Kier molecular flexibility index (Phi) is 5.09. The highest BCUT2D eigenvalue weighted by molar-refractivity contribution is 7.98. The van der Waals surface area contributed by atoms with Crippen LogP contribution in [0.15, 0.2) is 33.7 Å². The van der Waals surface area contributed by atoms with E-state index >= 15 is 0 Å². The predicted octanol–water partition coefficient (Wildman–Crippen LogP) is 3.52. The van der Waals surface area contributed by atoms with Crippen LogP contribution in [0.5, 0.6) is 0 Å². The van der Waals surface area contributed by atoms with E-state index in [0.717, 1.165) is 21.9 Å². The third-order valence-corrected chi connectivity index (χ3v) is 6.05. The van der Waals surface area contributed by atoms with E-state index in [1.54, 1.807) is 29.7 Å². The van der Waals surface area contributed by atoms with Crippen LogP contribution in [-0.2, 0) is 10.5 Å². The van der Waals surface area contributed by atoms with E-state index < -0.39 is 11.4 Å². The number of carbonyl (C=O) groups excluding carboxylic acids is 1. The number of carboxylic acid groups (broad SMARTS) is 1. The van der Waals surface area contributed by atoms with Gasteiger partial charge in [-0.1, -0.05) is 17.3 Å². The van der Waals surface area contributed by atoms with Gasteiger partial charge in [-0.3, -0.25) is 9.59 Å². The van der Waals surface area contributed by atoms with Crippen LogP contribution in [0, 0.1) is 19.3 Å². The van der Waals surface area contributed by atoms with Crippen LogP contribution in [0.3, 0.4) is 0 Å². The largest absolute Gasteiger partial charge is 0.481 e. The van der Waals surface area contributed by atoms with E-state index in [9.17, 15) is 14.7 Å². The number of aromatic nitrogens is 1. The van der Waals surface area contributed by atoms with Gasteiger partial charge in [-0.2, -0.15) is 0 Å². The summed E-state index contributed by atoms with van der Waals surface area (Å²) in [7, 11) is 0. The zero-order valence-corrected chi connectivity index (χ0v) is 15.9. The predicted molar refractivity (Wildman–Crippen MR) is 98.2 cm³/mol. The lowest BCUT2D eigenvalue weighted by molar-refractivity contribution is -0.147. The molecule has 0 saturated carbocycles. The maximum absolute atomic E-state index is 13.0. The van der Waals surface area contributed by atoms with Crippen molar-refractivity contribution in [3.8, 4) is 0 Å². The van der Waals surface area contributed by atoms with Gasteiger partial charge < -0.3 is 14.5 Å². The molecule has 7 heteroatoms. The van der Waals surface area contributed by atoms with E-state index in [-0.39, 0.29) is 12.5 Å². The van der Waals surface area contributed by atoms with Gasteiger partial charge in [-0.05, 0) is 39.3 Å². The fraction of sp³-hybridized carbons (Fsp3) is 0.421. The Morgan fingerprint density at radius 2 is 2.08 bits per heavy atom. The van der Waals surface area contributed by atoms with Crippen molar-refractivity contribution in [3.05, 3.63) is 46.8 Å².